The number of nitrogens with zero attached hydrogens (tertiary/aromatic N) is 2. The van der Waals surface area contributed by atoms with Gasteiger partial charge in [0.15, 0.2) is 0 Å². The molecule has 1 aromatic carbocycles. The minimum Gasteiger partial charge on any atom is -0.496 e. The summed E-state index contributed by atoms with van der Waals surface area (Å²) in [5.41, 5.74) is 6.44. The van der Waals surface area contributed by atoms with Gasteiger partial charge in [0.2, 0.25) is 11.7 Å². The van der Waals surface area contributed by atoms with Gasteiger partial charge in [-0.1, -0.05) is 17.3 Å². The van der Waals surface area contributed by atoms with Gasteiger partial charge in [0, 0.05) is 0 Å². The molecule has 0 radical (unpaired) electrons. The summed E-state index contributed by atoms with van der Waals surface area (Å²) in [6, 6.07) is 7.22. The van der Waals surface area contributed by atoms with Gasteiger partial charge >= 0.3 is 0 Å². The van der Waals surface area contributed by atoms with Gasteiger partial charge in [0.05, 0.1) is 18.7 Å². The highest BCUT2D eigenvalue weighted by Crippen LogP contribution is 2.27. The van der Waals surface area contributed by atoms with Crippen LogP contribution in [0.5, 0.6) is 5.75 Å². The summed E-state index contributed by atoms with van der Waals surface area (Å²) in [4.78, 5) is 4.21. The van der Waals surface area contributed by atoms with Gasteiger partial charge in [-0.2, -0.15) is 4.98 Å². The van der Waals surface area contributed by atoms with Crippen LogP contribution in [0.15, 0.2) is 28.8 Å². The molecule has 0 aliphatic heterocycles. The molecule has 1 heterocycles. The fourth-order valence-electron chi connectivity index (χ4n) is 1.36. The normalized spacial score (nSPS) is 12.4. The molecule has 0 bridgehead atoms. The third-order valence-corrected chi connectivity index (χ3v) is 2.18. The topological polar surface area (TPSA) is 74.2 Å². The molecule has 1 unspecified atom stereocenters. The molecule has 2 rings (SSSR count). The second kappa shape index (κ2) is 4.32. The summed E-state index contributed by atoms with van der Waals surface area (Å²) in [7, 11) is 1.60. The van der Waals surface area contributed by atoms with Crippen molar-refractivity contribution < 1.29 is 9.26 Å². The van der Waals surface area contributed by atoms with Gasteiger partial charge in [-0.05, 0) is 19.1 Å². The number of methoxy groups -OCH3 is 1. The molecule has 0 saturated carbocycles. The van der Waals surface area contributed by atoms with Crippen LogP contribution in [0, 0.1) is 0 Å². The maximum atomic E-state index is 5.65. The van der Waals surface area contributed by atoms with Crippen molar-refractivity contribution in [3.8, 4) is 17.1 Å². The lowest BCUT2D eigenvalue weighted by atomic mass is 10.2. The molecule has 0 aliphatic carbocycles. The second-order valence-corrected chi connectivity index (χ2v) is 3.45. The molecular weight excluding hydrogens is 206 g/mol. The minimum absolute atomic E-state index is 0.268. The number of benzene rings is 1. The van der Waals surface area contributed by atoms with E-state index in [0.717, 1.165) is 5.56 Å². The molecule has 1 atom stereocenters. The van der Waals surface area contributed by atoms with Crippen molar-refractivity contribution in [2.75, 3.05) is 7.11 Å². The first-order valence-corrected chi connectivity index (χ1v) is 4.95. The van der Waals surface area contributed by atoms with Gasteiger partial charge < -0.3 is 15.0 Å². The molecule has 2 N–H and O–H groups in total. The zero-order valence-electron chi connectivity index (χ0n) is 9.18. The number of aromatic nitrogens is 2. The smallest absolute Gasteiger partial charge is 0.243 e. The molecule has 0 saturated heterocycles. The number of nitrogens with two attached hydrogens (primary N) is 1. The van der Waals surface area contributed by atoms with Crippen LogP contribution in [0.25, 0.3) is 11.4 Å². The van der Waals surface area contributed by atoms with Crippen LogP contribution in [0.3, 0.4) is 0 Å². The van der Waals surface area contributed by atoms with Gasteiger partial charge in [-0.15, -0.1) is 0 Å². The van der Waals surface area contributed by atoms with E-state index in [1.165, 1.54) is 0 Å². The molecule has 84 valence electrons. The van der Waals surface area contributed by atoms with Crippen LogP contribution < -0.4 is 10.5 Å². The summed E-state index contributed by atoms with van der Waals surface area (Å²) >= 11 is 0. The Hall–Kier alpha value is -1.88. The van der Waals surface area contributed by atoms with E-state index in [-0.39, 0.29) is 6.04 Å². The minimum atomic E-state index is -0.268. The van der Waals surface area contributed by atoms with Crippen LogP contribution in [-0.2, 0) is 0 Å². The summed E-state index contributed by atoms with van der Waals surface area (Å²) in [5.74, 6) is 1.62. The quantitative estimate of drug-likeness (QED) is 0.851. The van der Waals surface area contributed by atoms with Crippen LogP contribution in [0.1, 0.15) is 18.9 Å². The van der Waals surface area contributed by atoms with Crippen molar-refractivity contribution in [3.63, 3.8) is 0 Å². The monoisotopic (exact) mass is 219 g/mol. The Morgan fingerprint density at radius 3 is 2.75 bits per heavy atom. The maximum Gasteiger partial charge on any atom is 0.243 e. The zero-order valence-corrected chi connectivity index (χ0v) is 9.18. The Balaban J connectivity index is 2.42. The predicted molar refractivity (Wildman–Crippen MR) is 58.9 cm³/mol. The number of rotatable bonds is 3. The number of para-hydroxylation sites is 1. The first kappa shape index (κ1) is 10.6. The maximum absolute atomic E-state index is 5.65. The highest BCUT2D eigenvalue weighted by Gasteiger charge is 2.14. The Kier molecular flexibility index (Phi) is 2.87. The highest BCUT2D eigenvalue weighted by atomic mass is 16.5. The predicted octanol–water partition coefficient (Wildman–Crippen LogP) is 1.76. The van der Waals surface area contributed by atoms with Crippen molar-refractivity contribution in [2.45, 2.75) is 13.0 Å². The molecule has 5 nitrogen and oxygen atoms in total. The molecule has 0 spiro atoms. The highest BCUT2D eigenvalue weighted by molar-refractivity contribution is 5.63. The zero-order chi connectivity index (χ0) is 11.5. The lowest BCUT2D eigenvalue weighted by molar-refractivity contribution is 0.361. The number of ether oxygens (including phenoxy) is 1. The number of hydrogen-bond acceptors (Lipinski definition) is 5. The van der Waals surface area contributed by atoms with E-state index in [0.29, 0.717) is 17.5 Å². The molecule has 2 aromatic rings. The van der Waals surface area contributed by atoms with E-state index in [1.54, 1.807) is 14.0 Å². The third-order valence-electron chi connectivity index (χ3n) is 2.18. The van der Waals surface area contributed by atoms with Crippen LogP contribution >= 0.6 is 0 Å². The fourth-order valence-corrected chi connectivity index (χ4v) is 1.36. The standard InChI is InChI=1S/C11H13N3O2/c1-7(12)11-13-10(14-16-11)8-5-3-4-6-9(8)15-2/h3-7H,12H2,1-2H3. The molecule has 0 fully saturated rings. The van der Waals surface area contributed by atoms with E-state index < -0.39 is 0 Å². The van der Waals surface area contributed by atoms with Gasteiger partial charge in [-0.3, -0.25) is 0 Å². The molecule has 16 heavy (non-hydrogen) atoms. The van der Waals surface area contributed by atoms with Gasteiger partial charge in [-0.25, -0.2) is 0 Å². The first-order valence-electron chi connectivity index (χ1n) is 4.95. The Morgan fingerprint density at radius 1 is 1.38 bits per heavy atom. The lowest BCUT2D eigenvalue weighted by Crippen LogP contribution is -2.04. The Morgan fingerprint density at radius 2 is 2.12 bits per heavy atom. The average molecular weight is 219 g/mol. The van der Waals surface area contributed by atoms with Crippen LogP contribution in [-0.4, -0.2) is 17.3 Å². The van der Waals surface area contributed by atoms with E-state index in [9.17, 15) is 0 Å². The van der Waals surface area contributed by atoms with E-state index in [4.69, 9.17) is 15.0 Å². The summed E-state index contributed by atoms with van der Waals surface area (Å²) in [5, 5.41) is 3.87. The first-order chi connectivity index (χ1) is 7.72. The van der Waals surface area contributed by atoms with Gasteiger partial charge in [0.1, 0.15) is 5.75 Å². The van der Waals surface area contributed by atoms with Crippen molar-refractivity contribution >= 4 is 0 Å². The number of hydrogen-bond donors (Lipinski definition) is 1. The van der Waals surface area contributed by atoms with Crippen molar-refractivity contribution in [2.24, 2.45) is 5.73 Å². The molecule has 5 heteroatoms. The molecule has 0 amide bonds. The van der Waals surface area contributed by atoms with E-state index in [2.05, 4.69) is 10.1 Å². The average Bonchev–Trinajstić information content (AvgIpc) is 2.78. The second-order valence-electron chi connectivity index (χ2n) is 3.45. The summed E-state index contributed by atoms with van der Waals surface area (Å²) in [6.45, 7) is 1.79. The van der Waals surface area contributed by atoms with E-state index in [1.807, 2.05) is 24.3 Å². The fraction of sp³-hybridized carbons (Fsp3) is 0.273. The Bertz CT molecular complexity index is 480. The van der Waals surface area contributed by atoms with Crippen LogP contribution in [0.4, 0.5) is 0 Å². The van der Waals surface area contributed by atoms with E-state index >= 15 is 0 Å². The largest absolute Gasteiger partial charge is 0.496 e. The third kappa shape index (κ3) is 1.90. The SMILES string of the molecule is COc1ccccc1-c1noc(C(C)N)n1. The molecule has 1 aromatic heterocycles. The molecular formula is C11H13N3O2. The Labute approximate surface area is 93.2 Å². The van der Waals surface area contributed by atoms with Crippen molar-refractivity contribution in [1.29, 1.82) is 0 Å². The molecule has 0 aliphatic rings. The van der Waals surface area contributed by atoms with Gasteiger partial charge in [0.25, 0.3) is 0 Å². The lowest BCUT2D eigenvalue weighted by Gasteiger charge is -2.03. The van der Waals surface area contributed by atoms with Crippen LogP contribution in [0.2, 0.25) is 0 Å². The summed E-state index contributed by atoms with van der Waals surface area (Å²) in [6.07, 6.45) is 0. The van der Waals surface area contributed by atoms with Crippen molar-refractivity contribution in [3.05, 3.63) is 30.2 Å². The van der Waals surface area contributed by atoms with Crippen molar-refractivity contribution in [1.82, 2.24) is 10.1 Å². The summed E-state index contributed by atoms with van der Waals surface area (Å²) < 4.78 is 10.3.